The van der Waals surface area contributed by atoms with Crippen LogP contribution >= 0.6 is 0 Å². The van der Waals surface area contributed by atoms with Gasteiger partial charge in [0.25, 0.3) is 5.91 Å². The smallest absolute Gasteiger partial charge is 0.305 e. The number of fused-ring (bicyclic) bond motifs is 1. The third-order valence-electron chi connectivity index (χ3n) is 4.42. The molecule has 2 aromatic heterocycles. The summed E-state index contributed by atoms with van der Waals surface area (Å²) >= 11 is 0. The van der Waals surface area contributed by atoms with Gasteiger partial charge in [0.15, 0.2) is 18.2 Å². The first-order chi connectivity index (χ1) is 13.1. The summed E-state index contributed by atoms with van der Waals surface area (Å²) in [5.41, 5.74) is 1.31. The van der Waals surface area contributed by atoms with Gasteiger partial charge in [-0.1, -0.05) is 23.2 Å². The lowest BCUT2D eigenvalue weighted by atomic mass is 10.1. The van der Waals surface area contributed by atoms with E-state index in [0.29, 0.717) is 16.7 Å². The van der Waals surface area contributed by atoms with Crippen LogP contribution in [0, 0.1) is 0 Å². The van der Waals surface area contributed by atoms with Crippen LogP contribution < -0.4 is 10.3 Å². The van der Waals surface area contributed by atoms with Crippen molar-refractivity contribution in [2.75, 3.05) is 11.9 Å². The average Bonchev–Trinajstić information content (AvgIpc) is 3.27. The highest BCUT2D eigenvalue weighted by molar-refractivity contribution is 6.06. The Morgan fingerprint density at radius 1 is 1.22 bits per heavy atom. The number of benzene rings is 1. The van der Waals surface area contributed by atoms with E-state index in [-0.39, 0.29) is 17.5 Å². The molecule has 10 heteroatoms. The summed E-state index contributed by atoms with van der Waals surface area (Å²) in [6, 6.07) is 8.64. The first-order valence-electron chi connectivity index (χ1n) is 8.34. The molecule has 27 heavy (non-hydrogen) atoms. The highest BCUT2D eigenvalue weighted by atomic mass is 16.6. The van der Waals surface area contributed by atoms with Gasteiger partial charge < -0.3 is 25.4 Å². The minimum atomic E-state index is -1.31. The molecule has 3 aromatic rings. The highest BCUT2D eigenvalue weighted by Crippen LogP contribution is 2.33. The lowest BCUT2D eigenvalue weighted by Crippen LogP contribution is -2.32. The molecular formula is C17H18N5O5+. The van der Waals surface area contributed by atoms with Gasteiger partial charge in [0, 0.05) is 5.56 Å². The molecule has 6 N–H and O–H groups in total. The second-order valence-electron chi connectivity index (χ2n) is 6.17. The number of aromatic amines is 2. The van der Waals surface area contributed by atoms with Crippen LogP contribution in [0.2, 0.25) is 0 Å². The van der Waals surface area contributed by atoms with Crippen LogP contribution in [0.1, 0.15) is 22.3 Å². The number of ether oxygens (including phenoxy) is 1. The Hall–Kier alpha value is -2.92. The van der Waals surface area contributed by atoms with E-state index in [9.17, 15) is 20.1 Å². The van der Waals surface area contributed by atoms with E-state index in [2.05, 4.69) is 25.3 Å². The molecule has 1 unspecified atom stereocenters. The summed E-state index contributed by atoms with van der Waals surface area (Å²) in [5, 5.41) is 32.1. The molecule has 1 saturated heterocycles. The summed E-state index contributed by atoms with van der Waals surface area (Å²) < 4.78 is 5.48. The van der Waals surface area contributed by atoms with Crippen molar-refractivity contribution in [2.45, 2.75) is 24.4 Å². The molecule has 1 aliphatic heterocycles. The van der Waals surface area contributed by atoms with Crippen LogP contribution in [0.15, 0.2) is 36.7 Å². The number of aliphatic hydroxyl groups is 3. The van der Waals surface area contributed by atoms with Gasteiger partial charge in [-0.2, -0.15) is 4.98 Å². The molecule has 3 heterocycles. The monoisotopic (exact) mass is 372 g/mol. The van der Waals surface area contributed by atoms with Crippen molar-refractivity contribution in [3.05, 3.63) is 48.0 Å². The Labute approximate surface area is 152 Å². The van der Waals surface area contributed by atoms with Crippen LogP contribution in [0.4, 0.5) is 5.82 Å². The summed E-state index contributed by atoms with van der Waals surface area (Å²) in [7, 11) is 0. The van der Waals surface area contributed by atoms with Crippen molar-refractivity contribution in [1.29, 1.82) is 0 Å². The van der Waals surface area contributed by atoms with E-state index in [1.807, 2.05) is 0 Å². The molecule has 10 nitrogen and oxygen atoms in total. The molecule has 0 radical (unpaired) electrons. The molecule has 4 rings (SSSR count). The predicted molar refractivity (Wildman–Crippen MR) is 91.6 cm³/mol. The van der Waals surface area contributed by atoms with Gasteiger partial charge in [0.05, 0.1) is 6.61 Å². The Morgan fingerprint density at radius 3 is 2.70 bits per heavy atom. The quantitative estimate of drug-likeness (QED) is 0.401. The lowest BCUT2D eigenvalue weighted by molar-refractivity contribution is -0.347. The molecule has 4 atom stereocenters. The fourth-order valence-electron chi connectivity index (χ4n) is 3.00. The first-order valence-corrected chi connectivity index (χ1v) is 8.34. The number of hydrogen-bond donors (Lipinski definition) is 5. The second kappa shape index (κ2) is 7.00. The van der Waals surface area contributed by atoms with Crippen molar-refractivity contribution in [2.24, 2.45) is 0 Å². The molecule has 0 saturated carbocycles. The van der Waals surface area contributed by atoms with Crippen LogP contribution in [-0.4, -0.2) is 61.1 Å². The Morgan fingerprint density at radius 2 is 2.00 bits per heavy atom. The van der Waals surface area contributed by atoms with E-state index in [4.69, 9.17) is 4.74 Å². The summed E-state index contributed by atoms with van der Waals surface area (Å²) in [4.78, 5) is 26.9. The minimum Gasteiger partial charge on any atom is -0.394 e. The fraction of sp³-hybridized carbons (Fsp3) is 0.294. The number of imidazole rings is 1. The van der Waals surface area contributed by atoms with Crippen molar-refractivity contribution in [3.8, 4) is 0 Å². The van der Waals surface area contributed by atoms with E-state index in [1.165, 1.54) is 6.33 Å². The number of carbonyl (C=O) groups is 1. The number of carbonyl (C=O) groups excluding carboxylic acids is 1. The van der Waals surface area contributed by atoms with Crippen molar-refractivity contribution < 1.29 is 29.8 Å². The number of rotatable bonds is 4. The maximum absolute atomic E-state index is 12.5. The van der Waals surface area contributed by atoms with Crippen LogP contribution in [0.5, 0.6) is 0 Å². The molecular weight excluding hydrogens is 354 g/mol. The molecule has 0 bridgehead atoms. The zero-order valence-electron chi connectivity index (χ0n) is 14.0. The largest absolute Gasteiger partial charge is 0.394 e. The zero-order valence-corrected chi connectivity index (χ0v) is 14.0. The number of nitrogens with one attached hydrogen (secondary N) is 3. The SMILES string of the molecule is O=C(Nc1nc(C2O[C@H](CO)[C@@H](O)[C@@H]2O)nc2[nH+]c[nH]c12)c1ccccc1. The molecule has 1 aromatic carbocycles. The molecule has 1 aliphatic rings. The minimum absolute atomic E-state index is 0.0733. The summed E-state index contributed by atoms with van der Waals surface area (Å²) in [5.74, 6) is -0.0932. The fourth-order valence-corrected chi connectivity index (χ4v) is 3.00. The summed E-state index contributed by atoms with van der Waals surface area (Å²) in [6.07, 6.45) is -3.04. The van der Waals surface area contributed by atoms with E-state index in [0.717, 1.165) is 0 Å². The summed E-state index contributed by atoms with van der Waals surface area (Å²) in [6.45, 7) is -0.454. The van der Waals surface area contributed by atoms with E-state index < -0.39 is 31.0 Å². The number of anilines is 1. The first kappa shape index (κ1) is 17.5. The van der Waals surface area contributed by atoms with Gasteiger partial charge in [0.1, 0.15) is 18.3 Å². The normalized spacial score (nSPS) is 25.0. The molecule has 1 fully saturated rings. The number of nitrogens with zero attached hydrogens (tertiary/aromatic N) is 2. The molecule has 140 valence electrons. The highest BCUT2D eigenvalue weighted by Gasteiger charge is 2.46. The maximum Gasteiger partial charge on any atom is 0.305 e. The van der Waals surface area contributed by atoms with Gasteiger partial charge in [-0.3, -0.25) is 9.78 Å². The number of aromatic nitrogens is 4. The third kappa shape index (κ3) is 3.15. The van der Waals surface area contributed by atoms with Crippen molar-refractivity contribution in [3.63, 3.8) is 0 Å². The topological polar surface area (TPSA) is 155 Å². The standard InChI is InChI=1S/C17H17N5O5/c23-6-9-11(24)12(25)13(27-9)16-20-14-10(18-7-19-14)15(21-16)22-17(26)8-4-2-1-3-5-8/h1-5,7,9,11-13,23-25H,6H2,(H2,18,19,20,21,22,26)/p+1/t9-,11-,12+,13?/m1/s1. The average molecular weight is 372 g/mol. The van der Waals surface area contributed by atoms with Gasteiger partial charge in [-0.25, -0.2) is 4.98 Å². The van der Waals surface area contributed by atoms with Crippen LogP contribution in [-0.2, 0) is 4.74 Å². The Kier molecular flexibility index (Phi) is 4.54. The predicted octanol–water partition coefficient (Wildman–Crippen LogP) is -0.822. The molecule has 0 aliphatic carbocycles. The van der Waals surface area contributed by atoms with Crippen LogP contribution in [0.3, 0.4) is 0 Å². The number of H-pyrrole nitrogens is 2. The van der Waals surface area contributed by atoms with E-state index >= 15 is 0 Å². The number of hydrogen-bond acceptors (Lipinski definition) is 7. The van der Waals surface area contributed by atoms with Gasteiger partial charge in [-0.15, -0.1) is 0 Å². The van der Waals surface area contributed by atoms with Crippen molar-refractivity contribution >= 4 is 22.9 Å². The molecule has 1 amide bonds. The second-order valence-corrected chi connectivity index (χ2v) is 6.17. The van der Waals surface area contributed by atoms with Crippen molar-refractivity contribution in [1.82, 2.24) is 15.0 Å². The van der Waals surface area contributed by atoms with Gasteiger partial charge in [0.2, 0.25) is 11.3 Å². The zero-order chi connectivity index (χ0) is 19.0. The third-order valence-corrected chi connectivity index (χ3v) is 4.42. The Bertz CT molecular complexity index is 963. The lowest BCUT2D eigenvalue weighted by Gasteiger charge is -2.12. The number of aliphatic hydroxyl groups excluding tert-OH is 3. The van der Waals surface area contributed by atoms with Gasteiger partial charge >= 0.3 is 5.65 Å². The number of amides is 1. The molecule has 0 spiro atoms. The Balaban J connectivity index is 1.69. The van der Waals surface area contributed by atoms with Crippen LogP contribution in [0.25, 0.3) is 11.2 Å². The van der Waals surface area contributed by atoms with Gasteiger partial charge in [-0.05, 0) is 12.1 Å². The van der Waals surface area contributed by atoms with E-state index in [1.54, 1.807) is 30.3 Å². The maximum atomic E-state index is 12.5.